The minimum atomic E-state index is 0.652. The molecular weight excluding hydrogens is 228 g/mol. The highest BCUT2D eigenvalue weighted by atomic mass is 16.5. The van der Waals surface area contributed by atoms with Crippen molar-refractivity contribution in [3.05, 3.63) is 42.2 Å². The van der Waals surface area contributed by atoms with Crippen molar-refractivity contribution in [2.45, 2.75) is 6.42 Å². The van der Waals surface area contributed by atoms with Gasteiger partial charge in [0.15, 0.2) is 0 Å². The molecule has 0 aliphatic rings. The molecule has 0 fully saturated rings. The molecule has 1 aromatic carbocycles. The van der Waals surface area contributed by atoms with Crippen molar-refractivity contribution in [2.75, 3.05) is 20.8 Å². The van der Waals surface area contributed by atoms with Crippen molar-refractivity contribution in [2.24, 2.45) is 5.73 Å². The lowest BCUT2D eigenvalue weighted by molar-refractivity contribution is 0.401. The summed E-state index contributed by atoms with van der Waals surface area (Å²) in [4.78, 5) is 0. The summed E-state index contributed by atoms with van der Waals surface area (Å²) in [6, 6.07) is 7.79. The van der Waals surface area contributed by atoms with Gasteiger partial charge in [-0.15, -0.1) is 0 Å². The van der Waals surface area contributed by atoms with Crippen molar-refractivity contribution >= 4 is 0 Å². The number of rotatable bonds is 5. The van der Waals surface area contributed by atoms with Gasteiger partial charge >= 0.3 is 0 Å². The highest BCUT2D eigenvalue weighted by Gasteiger charge is 2.07. The predicted molar refractivity (Wildman–Crippen MR) is 71.6 cm³/mol. The van der Waals surface area contributed by atoms with E-state index in [1.165, 1.54) is 5.56 Å². The van der Waals surface area contributed by atoms with Gasteiger partial charge in [0, 0.05) is 18.5 Å². The summed E-state index contributed by atoms with van der Waals surface area (Å²) >= 11 is 0. The van der Waals surface area contributed by atoms with Crippen LogP contribution in [-0.4, -0.2) is 25.3 Å². The first-order chi connectivity index (χ1) is 8.78. The van der Waals surface area contributed by atoms with Crippen molar-refractivity contribution in [1.82, 2.24) is 4.57 Å². The summed E-state index contributed by atoms with van der Waals surface area (Å²) in [6.07, 6.45) is 4.94. The van der Waals surface area contributed by atoms with Crippen molar-refractivity contribution in [3.8, 4) is 17.2 Å². The average molecular weight is 246 g/mol. The van der Waals surface area contributed by atoms with E-state index in [4.69, 9.17) is 15.2 Å². The van der Waals surface area contributed by atoms with Crippen molar-refractivity contribution in [3.63, 3.8) is 0 Å². The topological polar surface area (TPSA) is 49.4 Å². The molecule has 0 bridgehead atoms. The molecule has 0 amide bonds. The van der Waals surface area contributed by atoms with E-state index in [1.54, 1.807) is 14.2 Å². The monoisotopic (exact) mass is 246 g/mol. The van der Waals surface area contributed by atoms with E-state index in [2.05, 4.69) is 12.3 Å². The van der Waals surface area contributed by atoms with Gasteiger partial charge in [-0.05, 0) is 36.7 Å². The number of ether oxygens (including phenoxy) is 2. The van der Waals surface area contributed by atoms with Crippen LogP contribution >= 0.6 is 0 Å². The number of methoxy groups -OCH3 is 2. The number of aromatic nitrogens is 1. The van der Waals surface area contributed by atoms with E-state index in [1.807, 2.05) is 29.0 Å². The highest BCUT2D eigenvalue weighted by Crippen LogP contribution is 2.28. The summed E-state index contributed by atoms with van der Waals surface area (Å²) in [5.41, 5.74) is 7.73. The van der Waals surface area contributed by atoms with Crippen LogP contribution in [-0.2, 0) is 6.42 Å². The fourth-order valence-electron chi connectivity index (χ4n) is 1.90. The van der Waals surface area contributed by atoms with E-state index in [0.29, 0.717) is 6.54 Å². The fourth-order valence-corrected chi connectivity index (χ4v) is 1.90. The summed E-state index contributed by atoms with van der Waals surface area (Å²) in [5, 5.41) is 0. The van der Waals surface area contributed by atoms with Crippen LogP contribution in [0.4, 0.5) is 0 Å². The molecule has 0 unspecified atom stereocenters. The average Bonchev–Trinajstić information content (AvgIpc) is 2.87. The van der Waals surface area contributed by atoms with Gasteiger partial charge < -0.3 is 19.8 Å². The van der Waals surface area contributed by atoms with E-state index in [9.17, 15) is 0 Å². The van der Waals surface area contributed by atoms with Crippen LogP contribution in [0.3, 0.4) is 0 Å². The molecule has 18 heavy (non-hydrogen) atoms. The number of nitrogens with two attached hydrogens (primary N) is 1. The minimum Gasteiger partial charge on any atom is -0.497 e. The summed E-state index contributed by atoms with van der Waals surface area (Å²) in [5.74, 6) is 1.62. The largest absolute Gasteiger partial charge is 0.497 e. The Labute approximate surface area is 107 Å². The number of hydrogen-bond acceptors (Lipinski definition) is 3. The molecule has 0 aliphatic carbocycles. The second-order valence-electron chi connectivity index (χ2n) is 4.00. The normalized spacial score (nSPS) is 10.4. The molecule has 2 N–H and O–H groups in total. The molecule has 4 nitrogen and oxygen atoms in total. The van der Waals surface area contributed by atoms with Gasteiger partial charge in [0.25, 0.3) is 0 Å². The van der Waals surface area contributed by atoms with E-state index in [-0.39, 0.29) is 0 Å². The molecule has 0 atom stereocenters. The van der Waals surface area contributed by atoms with Gasteiger partial charge in [0.2, 0.25) is 0 Å². The van der Waals surface area contributed by atoms with Crippen LogP contribution in [0, 0.1) is 0 Å². The molecular formula is C14H18N2O2. The third-order valence-electron chi connectivity index (χ3n) is 2.85. The molecule has 0 aliphatic heterocycles. The van der Waals surface area contributed by atoms with Gasteiger partial charge in [-0.3, -0.25) is 0 Å². The lowest BCUT2D eigenvalue weighted by atomic mass is 10.2. The van der Waals surface area contributed by atoms with Gasteiger partial charge in [-0.25, -0.2) is 0 Å². The number of hydrogen-bond donors (Lipinski definition) is 1. The zero-order valence-electron chi connectivity index (χ0n) is 10.7. The lowest BCUT2D eigenvalue weighted by Crippen LogP contribution is -2.02. The zero-order valence-corrected chi connectivity index (χ0v) is 10.7. The summed E-state index contributed by atoms with van der Waals surface area (Å²) in [7, 11) is 3.32. The smallest absolute Gasteiger partial charge is 0.143 e. The maximum atomic E-state index is 5.56. The Kier molecular flexibility index (Phi) is 3.89. The molecule has 96 valence electrons. The molecule has 1 heterocycles. The van der Waals surface area contributed by atoms with Crippen molar-refractivity contribution < 1.29 is 9.47 Å². The lowest BCUT2D eigenvalue weighted by Gasteiger charge is -2.11. The van der Waals surface area contributed by atoms with Crippen molar-refractivity contribution in [1.29, 1.82) is 0 Å². The second kappa shape index (κ2) is 5.60. The Morgan fingerprint density at radius 2 is 2.00 bits per heavy atom. The van der Waals surface area contributed by atoms with Crippen LogP contribution in [0.25, 0.3) is 5.69 Å². The molecule has 0 saturated carbocycles. The molecule has 0 spiro atoms. The molecule has 2 rings (SSSR count). The first kappa shape index (κ1) is 12.5. The Morgan fingerprint density at radius 1 is 1.17 bits per heavy atom. The first-order valence-corrected chi connectivity index (χ1v) is 5.88. The third-order valence-corrected chi connectivity index (χ3v) is 2.85. The molecule has 0 saturated heterocycles. The van der Waals surface area contributed by atoms with Crippen LogP contribution < -0.4 is 15.2 Å². The minimum absolute atomic E-state index is 0.652. The van der Waals surface area contributed by atoms with Gasteiger partial charge in [-0.1, -0.05) is 0 Å². The van der Waals surface area contributed by atoms with Gasteiger partial charge in [0.05, 0.1) is 19.9 Å². The Bertz CT molecular complexity index is 520. The Hall–Kier alpha value is -1.94. The quantitative estimate of drug-likeness (QED) is 0.877. The van der Waals surface area contributed by atoms with E-state index < -0.39 is 0 Å². The van der Waals surface area contributed by atoms with Crippen LogP contribution in [0.1, 0.15) is 5.56 Å². The summed E-state index contributed by atoms with van der Waals surface area (Å²) < 4.78 is 12.6. The molecule has 0 radical (unpaired) electrons. The fraction of sp³-hybridized carbons (Fsp3) is 0.286. The molecule has 1 aromatic heterocycles. The van der Waals surface area contributed by atoms with E-state index in [0.717, 1.165) is 23.6 Å². The number of benzene rings is 1. The first-order valence-electron chi connectivity index (χ1n) is 5.88. The van der Waals surface area contributed by atoms with E-state index >= 15 is 0 Å². The van der Waals surface area contributed by atoms with Crippen LogP contribution in [0.5, 0.6) is 11.5 Å². The third kappa shape index (κ3) is 2.49. The number of nitrogens with zero attached hydrogens (tertiary/aromatic N) is 1. The Balaban J connectivity index is 2.40. The maximum Gasteiger partial charge on any atom is 0.143 e. The highest BCUT2D eigenvalue weighted by molar-refractivity contribution is 5.51. The van der Waals surface area contributed by atoms with Crippen LogP contribution in [0.2, 0.25) is 0 Å². The second-order valence-corrected chi connectivity index (χ2v) is 4.00. The zero-order chi connectivity index (χ0) is 13.0. The van der Waals surface area contributed by atoms with Gasteiger partial charge in [0.1, 0.15) is 11.5 Å². The maximum absolute atomic E-state index is 5.56. The van der Waals surface area contributed by atoms with Crippen LogP contribution in [0.15, 0.2) is 36.7 Å². The molecule has 2 aromatic rings. The Morgan fingerprint density at radius 3 is 2.67 bits per heavy atom. The molecule has 4 heteroatoms. The summed E-state index contributed by atoms with van der Waals surface area (Å²) in [6.45, 7) is 0.652. The standard InChI is InChI=1S/C14H18N2O2/c1-17-12-3-4-14(18-2)13(9-12)16-8-6-11(10-16)5-7-15/h3-4,6,8-10H,5,7,15H2,1-2H3. The van der Waals surface area contributed by atoms with Gasteiger partial charge in [-0.2, -0.15) is 0 Å². The SMILES string of the molecule is COc1ccc(OC)c(-n2ccc(CCN)c2)c1. The predicted octanol–water partition coefficient (Wildman–Crippen LogP) is 2.00.